The second-order valence-corrected chi connectivity index (χ2v) is 7.81. The molecule has 1 aromatic carbocycles. The number of H-pyrrole nitrogens is 2. The van der Waals surface area contributed by atoms with Crippen LogP contribution in [0.1, 0.15) is 0 Å². The summed E-state index contributed by atoms with van der Waals surface area (Å²) < 4.78 is 0. The number of benzene rings is 1. The van der Waals surface area contributed by atoms with E-state index in [1.165, 1.54) is 11.1 Å². The standard InChI is InChI=1S/C22H14N6OS/c29-13-9-12(10-23-11-13)15-6-7-17-20(24-15)21(28-27-17)22-25-16-4-1-3-14(19(16)26-22)18-5-2-8-30-18/h1-11,29H,(H,25,26)(H,27,28). The minimum absolute atomic E-state index is 0.0974. The van der Waals surface area contributed by atoms with Crippen LogP contribution in [-0.4, -0.2) is 35.2 Å². The molecule has 5 heterocycles. The molecule has 5 aromatic heterocycles. The monoisotopic (exact) mass is 410 g/mol. The van der Waals surface area contributed by atoms with Crippen molar-refractivity contribution in [2.45, 2.75) is 0 Å². The number of pyridine rings is 2. The van der Waals surface area contributed by atoms with Crippen molar-refractivity contribution >= 4 is 33.4 Å². The molecule has 7 nitrogen and oxygen atoms in total. The molecule has 30 heavy (non-hydrogen) atoms. The Morgan fingerprint density at radius 3 is 2.73 bits per heavy atom. The van der Waals surface area contributed by atoms with Crippen molar-refractivity contribution in [1.82, 2.24) is 30.1 Å². The van der Waals surface area contributed by atoms with Crippen molar-refractivity contribution in [3.8, 4) is 39.0 Å². The van der Waals surface area contributed by atoms with Gasteiger partial charge >= 0.3 is 0 Å². The maximum atomic E-state index is 9.74. The SMILES string of the molecule is Oc1cncc(-c2ccc3[nH]nc(-c4nc5c(-c6cccs6)cccc5[nH]4)c3n2)c1. The molecule has 6 rings (SSSR count). The molecule has 0 saturated carbocycles. The number of nitrogens with one attached hydrogen (secondary N) is 2. The van der Waals surface area contributed by atoms with Gasteiger partial charge in [-0.15, -0.1) is 11.3 Å². The molecule has 0 unspecified atom stereocenters. The maximum absolute atomic E-state index is 9.74. The molecule has 0 saturated heterocycles. The van der Waals surface area contributed by atoms with Gasteiger partial charge in [0, 0.05) is 22.2 Å². The fraction of sp³-hybridized carbons (Fsp3) is 0. The number of aromatic amines is 2. The van der Waals surface area contributed by atoms with E-state index in [0.717, 1.165) is 27.7 Å². The fourth-order valence-corrected chi connectivity index (χ4v) is 4.32. The lowest BCUT2D eigenvalue weighted by atomic mass is 10.1. The summed E-state index contributed by atoms with van der Waals surface area (Å²) in [5, 5.41) is 19.3. The molecule has 0 aliphatic heterocycles. The average Bonchev–Trinajstić information content (AvgIpc) is 3.51. The first kappa shape index (κ1) is 16.9. The zero-order chi connectivity index (χ0) is 20.1. The summed E-state index contributed by atoms with van der Waals surface area (Å²) in [4.78, 5) is 18.2. The number of hydrogen-bond donors (Lipinski definition) is 3. The van der Waals surface area contributed by atoms with E-state index in [4.69, 9.17) is 9.97 Å². The number of hydrogen-bond acceptors (Lipinski definition) is 6. The van der Waals surface area contributed by atoms with E-state index < -0.39 is 0 Å². The topological polar surface area (TPSA) is 103 Å². The molecule has 0 bridgehead atoms. The van der Waals surface area contributed by atoms with Gasteiger partial charge in [0.2, 0.25) is 0 Å². The molecular formula is C22H14N6OS. The van der Waals surface area contributed by atoms with E-state index in [1.807, 2.05) is 30.3 Å². The zero-order valence-corrected chi connectivity index (χ0v) is 16.3. The van der Waals surface area contributed by atoms with Crippen molar-refractivity contribution in [2.24, 2.45) is 0 Å². The van der Waals surface area contributed by atoms with E-state index >= 15 is 0 Å². The molecule has 0 aliphatic carbocycles. The molecule has 3 N–H and O–H groups in total. The van der Waals surface area contributed by atoms with Crippen molar-refractivity contribution in [2.75, 3.05) is 0 Å². The molecule has 0 aliphatic rings. The van der Waals surface area contributed by atoms with Gasteiger partial charge in [-0.1, -0.05) is 18.2 Å². The van der Waals surface area contributed by atoms with Crippen LogP contribution >= 0.6 is 11.3 Å². The number of aromatic hydroxyl groups is 1. The third kappa shape index (κ3) is 2.66. The quantitative estimate of drug-likeness (QED) is 0.381. The van der Waals surface area contributed by atoms with Gasteiger partial charge in [0.1, 0.15) is 11.3 Å². The Morgan fingerprint density at radius 1 is 0.900 bits per heavy atom. The third-order valence-corrected chi connectivity index (χ3v) is 5.85. The first-order chi connectivity index (χ1) is 14.8. The molecule has 0 spiro atoms. The van der Waals surface area contributed by atoms with Crippen molar-refractivity contribution < 1.29 is 5.11 Å². The second kappa shape index (κ2) is 6.50. The molecule has 144 valence electrons. The fourth-order valence-electron chi connectivity index (χ4n) is 3.57. The van der Waals surface area contributed by atoms with Gasteiger partial charge in [-0.2, -0.15) is 5.10 Å². The van der Waals surface area contributed by atoms with E-state index in [-0.39, 0.29) is 5.75 Å². The molecule has 0 atom stereocenters. The van der Waals surface area contributed by atoms with Crippen molar-refractivity contribution in [1.29, 1.82) is 0 Å². The van der Waals surface area contributed by atoms with Gasteiger partial charge in [0.15, 0.2) is 11.5 Å². The number of thiophene rings is 1. The largest absolute Gasteiger partial charge is 0.506 e. The highest BCUT2D eigenvalue weighted by Gasteiger charge is 2.17. The van der Waals surface area contributed by atoms with Crippen LogP contribution < -0.4 is 0 Å². The summed E-state index contributed by atoms with van der Waals surface area (Å²) in [6.07, 6.45) is 3.06. The number of rotatable bonds is 3. The highest BCUT2D eigenvalue weighted by Crippen LogP contribution is 2.33. The highest BCUT2D eigenvalue weighted by atomic mass is 32.1. The predicted molar refractivity (Wildman–Crippen MR) is 117 cm³/mol. The van der Waals surface area contributed by atoms with Crippen LogP contribution in [0.25, 0.3) is 55.3 Å². The van der Waals surface area contributed by atoms with Crippen LogP contribution in [-0.2, 0) is 0 Å². The van der Waals surface area contributed by atoms with Crippen LogP contribution in [0, 0.1) is 0 Å². The Balaban J connectivity index is 1.52. The number of fused-ring (bicyclic) bond motifs is 2. The Hall–Kier alpha value is -4.04. The van der Waals surface area contributed by atoms with Crippen LogP contribution in [0.15, 0.2) is 66.3 Å². The van der Waals surface area contributed by atoms with E-state index in [2.05, 4.69) is 37.7 Å². The normalized spacial score (nSPS) is 11.5. The number of imidazole rings is 1. The third-order valence-electron chi connectivity index (χ3n) is 4.95. The average molecular weight is 410 g/mol. The van der Waals surface area contributed by atoms with E-state index in [9.17, 15) is 5.11 Å². The van der Waals surface area contributed by atoms with Gasteiger partial charge in [-0.05, 0) is 35.7 Å². The molecule has 0 fully saturated rings. The molecule has 6 aromatic rings. The lowest BCUT2D eigenvalue weighted by Crippen LogP contribution is -1.87. The summed E-state index contributed by atoms with van der Waals surface area (Å²) in [6.45, 7) is 0. The number of nitrogens with zero attached hydrogens (tertiary/aromatic N) is 4. The summed E-state index contributed by atoms with van der Waals surface area (Å²) in [5.74, 6) is 0.749. The second-order valence-electron chi connectivity index (χ2n) is 6.86. The highest BCUT2D eigenvalue weighted by molar-refractivity contribution is 7.13. The zero-order valence-electron chi connectivity index (χ0n) is 15.5. The summed E-state index contributed by atoms with van der Waals surface area (Å²) in [5.41, 5.74) is 6.52. The number of para-hydroxylation sites is 1. The Kier molecular flexibility index (Phi) is 3.65. The van der Waals surface area contributed by atoms with Gasteiger partial charge < -0.3 is 10.1 Å². The van der Waals surface area contributed by atoms with E-state index in [1.54, 1.807) is 23.6 Å². The van der Waals surface area contributed by atoms with E-state index in [0.29, 0.717) is 22.7 Å². The molecule has 0 radical (unpaired) electrons. The number of aromatic nitrogens is 6. The van der Waals surface area contributed by atoms with Crippen molar-refractivity contribution in [3.05, 3.63) is 66.3 Å². The van der Waals surface area contributed by atoms with Crippen LogP contribution in [0.4, 0.5) is 0 Å². The van der Waals surface area contributed by atoms with Crippen LogP contribution in [0.5, 0.6) is 5.75 Å². The maximum Gasteiger partial charge on any atom is 0.161 e. The van der Waals surface area contributed by atoms with Gasteiger partial charge in [0.05, 0.1) is 28.4 Å². The Bertz CT molecular complexity index is 1520. The molecular weight excluding hydrogens is 396 g/mol. The summed E-state index contributed by atoms with van der Waals surface area (Å²) >= 11 is 1.69. The minimum Gasteiger partial charge on any atom is -0.506 e. The first-order valence-corrected chi connectivity index (χ1v) is 10.2. The van der Waals surface area contributed by atoms with Crippen LogP contribution in [0.3, 0.4) is 0 Å². The summed E-state index contributed by atoms with van der Waals surface area (Å²) in [7, 11) is 0. The lowest BCUT2D eigenvalue weighted by molar-refractivity contribution is 0.473. The smallest absolute Gasteiger partial charge is 0.161 e. The lowest BCUT2D eigenvalue weighted by Gasteiger charge is -2.01. The minimum atomic E-state index is 0.0974. The van der Waals surface area contributed by atoms with Gasteiger partial charge in [-0.25, -0.2) is 9.97 Å². The Labute approximate surface area is 174 Å². The summed E-state index contributed by atoms with van der Waals surface area (Å²) in [6, 6.07) is 15.7. The molecule has 0 amide bonds. The van der Waals surface area contributed by atoms with Gasteiger partial charge in [-0.3, -0.25) is 10.1 Å². The van der Waals surface area contributed by atoms with Crippen molar-refractivity contribution in [3.63, 3.8) is 0 Å². The first-order valence-electron chi connectivity index (χ1n) is 9.29. The van der Waals surface area contributed by atoms with Crippen LogP contribution in [0.2, 0.25) is 0 Å². The molecule has 8 heteroatoms. The Morgan fingerprint density at radius 2 is 1.87 bits per heavy atom. The van der Waals surface area contributed by atoms with Gasteiger partial charge in [0.25, 0.3) is 0 Å². The predicted octanol–water partition coefficient (Wildman–Crippen LogP) is 5.00.